The Hall–Kier alpha value is -0.610. The number of likely N-dealkylation sites (tertiary alicyclic amines) is 1. The van der Waals surface area contributed by atoms with Crippen LogP contribution in [0.25, 0.3) is 0 Å². The molecule has 0 aromatic carbocycles. The molecule has 2 saturated heterocycles. The quantitative estimate of drug-likeness (QED) is 0.817. The Morgan fingerprint density at radius 2 is 2.00 bits per heavy atom. The van der Waals surface area contributed by atoms with Gasteiger partial charge in [-0.25, -0.2) is 0 Å². The van der Waals surface area contributed by atoms with Gasteiger partial charge in [-0.05, 0) is 63.6 Å². The van der Waals surface area contributed by atoms with E-state index in [2.05, 4.69) is 22.5 Å². The van der Waals surface area contributed by atoms with Crippen molar-refractivity contribution in [1.82, 2.24) is 15.5 Å². The van der Waals surface area contributed by atoms with E-state index in [-0.39, 0.29) is 0 Å². The molecule has 1 aliphatic carbocycles. The van der Waals surface area contributed by atoms with E-state index in [0.29, 0.717) is 23.3 Å². The van der Waals surface area contributed by atoms with Crippen molar-refractivity contribution < 1.29 is 4.79 Å². The lowest BCUT2D eigenvalue weighted by molar-refractivity contribution is -0.124. The predicted molar refractivity (Wildman–Crippen MR) is 80.5 cm³/mol. The predicted octanol–water partition coefficient (Wildman–Crippen LogP) is 1.37. The van der Waals surface area contributed by atoms with Crippen LogP contribution < -0.4 is 10.6 Å². The molecule has 20 heavy (non-hydrogen) atoms. The van der Waals surface area contributed by atoms with Gasteiger partial charge in [-0.2, -0.15) is 0 Å². The first-order valence-electron chi connectivity index (χ1n) is 8.47. The second-order valence-corrected chi connectivity index (χ2v) is 6.99. The number of carbonyl (C=O) groups excluding carboxylic acids is 1. The van der Waals surface area contributed by atoms with E-state index in [1.807, 2.05) is 0 Å². The summed E-state index contributed by atoms with van der Waals surface area (Å²) in [5.74, 6) is 0.666. The molecule has 4 nitrogen and oxygen atoms in total. The van der Waals surface area contributed by atoms with Crippen LogP contribution >= 0.6 is 0 Å². The number of amides is 1. The molecule has 114 valence electrons. The largest absolute Gasteiger partial charge is 0.353 e. The molecule has 0 aromatic heterocycles. The standard InChI is InChI=1S/C16H29N3O/c1-2-9-19-10-3-13(4-11-19)18-15(20)14-12-16(14)5-7-17-8-6-16/h13-14,17H,2-12H2,1H3,(H,18,20). The van der Waals surface area contributed by atoms with E-state index < -0.39 is 0 Å². The number of piperidine rings is 2. The topological polar surface area (TPSA) is 44.4 Å². The Bertz CT molecular complexity index is 344. The number of hydrogen-bond acceptors (Lipinski definition) is 3. The van der Waals surface area contributed by atoms with Crippen LogP contribution in [0, 0.1) is 11.3 Å². The molecule has 3 rings (SSSR count). The minimum atomic E-state index is 0.318. The van der Waals surface area contributed by atoms with Crippen LogP contribution in [0.2, 0.25) is 0 Å². The number of nitrogens with one attached hydrogen (secondary N) is 2. The van der Waals surface area contributed by atoms with Gasteiger partial charge in [-0.15, -0.1) is 0 Å². The van der Waals surface area contributed by atoms with Crippen molar-refractivity contribution in [2.24, 2.45) is 11.3 Å². The maximum Gasteiger partial charge on any atom is 0.223 e. The maximum absolute atomic E-state index is 12.4. The third kappa shape index (κ3) is 3.01. The van der Waals surface area contributed by atoms with E-state index in [1.165, 1.54) is 25.8 Å². The third-order valence-electron chi connectivity index (χ3n) is 5.58. The minimum absolute atomic E-state index is 0.318. The number of carbonyl (C=O) groups is 1. The molecular formula is C16H29N3O. The van der Waals surface area contributed by atoms with E-state index in [9.17, 15) is 4.79 Å². The molecule has 1 amide bonds. The van der Waals surface area contributed by atoms with Crippen LogP contribution in [-0.2, 0) is 4.79 Å². The van der Waals surface area contributed by atoms with Gasteiger partial charge >= 0.3 is 0 Å². The first kappa shape index (κ1) is 14.3. The number of nitrogens with zero attached hydrogens (tertiary/aromatic N) is 1. The summed E-state index contributed by atoms with van der Waals surface area (Å²) in [5, 5.41) is 6.73. The van der Waals surface area contributed by atoms with Crippen molar-refractivity contribution in [3.63, 3.8) is 0 Å². The lowest BCUT2D eigenvalue weighted by Gasteiger charge is -2.32. The molecular weight excluding hydrogens is 250 g/mol. The van der Waals surface area contributed by atoms with Gasteiger partial charge in [0, 0.05) is 25.0 Å². The van der Waals surface area contributed by atoms with Gasteiger partial charge in [-0.1, -0.05) is 6.92 Å². The normalized spacial score (nSPS) is 30.4. The van der Waals surface area contributed by atoms with Crippen LogP contribution in [0.4, 0.5) is 0 Å². The smallest absolute Gasteiger partial charge is 0.223 e. The van der Waals surface area contributed by atoms with E-state index in [0.717, 1.165) is 45.4 Å². The number of hydrogen-bond donors (Lipinski definition) is 2. The van der Waals surface area contributed by atoms with Crippen molar-refractivity contribution in [2.75, 3.05) is 32.7 Å². The lowest BCUT2D eigenvalue weighted by atomic mass is 9.91. The molecule has 3 aliphatic rings. The second-order valence-electron chi connectivity index (χ2n) is 6.99. The zero-order chi connectivity index (χ0) is 14.0. The van der Waals surface area contributed by atoms with Gasteiger partial charge in [0.2, 0.25) is 5.91 Å². The summed E-state index contributed by atoms with van der Waals surface area (Å²) >= 11 is 0. The Morgan fingerprint density at radius 3 is 2.65 bits per heavy atom. The summed E-state index contributed by atoms with van der Waals surface area (Å²) in [5.41, 5.74) is 0.373. The van der Waals surface area contributed by atoms with Crippen molar-refractivity contribution in [1.29, 1.82) is 0 Å². The van der Waals surface area contributed by atoms with Gasteiger partial charge in [0.15, 0.2) is 0 Å². The third-order valence-corrected chi connectivity index (χ3v) is 5.58. The fourth-order valence-electron chi connectivity index (χ4n) is 4.11. The molecule has 2 aliphatic heterocycles. The number of rotatable bonds is 4. The fraction of sp³-hybridized carbons (Fsp3) is 0.938. The highest BCUT2D eigenvalue weighted by Gasteiger charge is 2.57. The molecule has 0 aromatic rings. The van der Waals surface area contributed by atoms with Gasteiger partial charge in [0.1, 0.15) is 0 Å². The summed E-state index contributed by atoms with van der Waals surface area (Å²) < 4.78 is 0. The van der Waals surface area contributed by atoms with Crippen molar-refractivity contribution in [3.8, 4) is 0 Å². The van der Waals surface area contributed by atoms with Crippen LogP contribution in [0.1, 0.15) is 45.4 Å². The molecule has 4 heteroatoms. The van der Waals surface area contributed by atoms with Crippen molar-refractivity contribution in [3.05, 3.63) is 0 Å². The Kier molecular flexibility index (Phi) is 4.32. The molecule has 2 N–H and O–H groups in total. The summed E-state index contributed by atoms with van der Waals surface area (Å²) in [4.78, 5) is 14.9. The van der Waals surface area contributed by atoms with Gasteiger partial charge < -0.3 is 15.5 Å². The first-order chi connectivity index (χ1) is 9.73. The minimum Gasteiger partial charge on any atom is -0.353 e. The molecule has 1 atom stereocenters. The fourth-order valence-corrected chi connectivity index (χ4v) is 4.11. The molecule has 1 spiro atoms. The van der Waals surface area contributed by atoms with Gasteiger partial charge in [-0.3, -0.25) is 4.79 Å². The van der Waals surface area contributed by atoms with Crippen LogP contribution in [0.5, 0.6) is 0 Å². The SMILES string of the molecule is CCCN1CCC(NC(=O)C2CC23CCNCC3)CC1. The van der Waals surface area contributed by atoms with Crippen molar-refractivity contribution in [2.45, 2.75) is 51.5 Å². The molecule has 3 fully saturated rings. The summed E-state index contributed by atoms with van der Waals surface area (Å²) in [7, 11) is 0. The van der Waals surface area contributed by atoms with Gasteiger partial charge in [0.05, 0.1) is 0 Å². The zero-order valence-corrected chi connectivity index (χ0v) is 12.8. The lowest BCUT2D eigenvalue weighted by Crippen LogP contribution is -2.45. The van der Waals surface area contributed by atoms with Gasteiger partial charge in [0.25, 0.3) is 0 Å². The molecule has 0 radical (unpaired) electrons. The molecule has 2 heterocycles. The summed E-state index contributed by atoms with van der Waals surface area (Å²) in [6.45, 7) is 7.94. The van der Waals surface area contributed by atoms with Crippen LogP contribution in [0.15, 0.2) is 0 Å². The van der Waals surface area contributed by atoms with E-state index in [4.69, 9.17) is 0 Å². The second kappa shape index (κ2) is 6.02. The zero-order valence-electron chi connectivity index (χ0n) is 12.8. The maximum atomic E-state index is 12.4. The molecule has 1 unspecified atom stereocenters. The average Bonchev–Trinajstić information content (AvgIpc) is 3.16. The summed E-state index contributed by atoms with van der Waals surface area (Å²) in [6, 6.07) is 0.426. The highest BCUT2D eigenvalue weighted by atomic mass is 16.2. The average molecular weight is 279 g/mol. The van der Waals surface area contributed by atoms with Crippen molar-refractivity contribution >= 4 is 5.91 Å². The Morgan fingerprint density at radius 1 is 1.30 bits per heavy atom. The molecule has 0 bridgehead atoms. The first-order valence-corrected chi connectivity index (χ1v) is 8.47. The Labute approximate surface area is 122 Å². The monoisotopic (exact) mass is 279 g/mol. The highest BCUT2D eigenvalue weighted by molar-refractivity contribution is 5.82. The Balaban J connectivity index is 1.42. The van der Waals surface area contributed by atoms with Crippen LogP contribution in [0.3, 0.4) is 0 Å². The summed E-state index contributed by atoms with van der Waals surface area (Å²) in [6.07, 6.45) is 7.02. The van der Waals surface area contributed by atoms with E-state index >= 15 is 0 Å². The van der Waals surface area contributed by atoms with Crippen LogP contribution in [-0.4, -0.2) is 49.6 Å². The highest BCUT2D eigenvalue weighted by Crippen LogP contribution is 2.58. The van der Waals surface area contributed by atoms with E-state index in [1.54, 1.807) is 0 Å². The molecule has 1 saturated carbocycles.